The summed E-state index contributed by atoms with van der Waals surface area (Å²) in [6.45, 7) is 0. The van der Waals surface area contributed by atoms with E-state index < -0.39 is 0 Å². The maximum Gasteiger partial charge on any atom is 0.143 e. The molecule has 0 aliphatic carbocycles. The number of para-hydroxylation sites is 4. The summed E-state index contributed by atoms with van der Waals surface area (Å²) in [6, 6.07) is 79.9. The van der Waals surface area contributed by atoms with Crippen molar-refractivity contribution >= 4 is 71.7 Å². The van der Waals surface area contributed by atoms with Gasteiger partial charge in [-0.3, -0.25) is 0 Å². The second-order valence-electron chi connectivity index (χ2n) is 15.6. The Morgan fingerprint density at radius 2 is 0.820 bits per heavy atom. The Morgan fingerprint density at radius 3 is 1.57 bits per heavy atom. The molecule has 286 valence electrons. The number of hydrogen-bond donors (Lipinski definition) is 0. The number of hydrogen-bond acceptors (Lipinski definition) is 3. The van der Waals surface area contributed by atoms with Gasteiger partial charge in [-0.25, -0.2) is 0 Å². The average molecular weight is 780 g/mol. The third-order valence-electron chi connectivity index (χ3n) is 12.1. The van der Waals surface area contributed by atoms with Crippen LogP contribution in [0.3, 0.4) is 0 Å². The van der Waals surface area contributed by atoms with Crippen molar-refractivity contribution in [3.63, 3.8) is 0 Å². The van der Waals surface area contributed by atoms with Gasteiger partial charge in [0.2, 0.25) is 0 Å². The zero-order chi connectivity index (χ0) is 40.3. The zero-order valence-electron chi connectivity index (χ0n) is 33.1. The fraction of sp³-hybridized carbons (Fsp3) is 0. The van der Waals surface area contributed by atoms with Crippen LogP contribution in [0.15, 0.2) is 233 Å². The molecular formula is C58H37NO2. The van der Waals surface area contributed by atoms with E-state index in [2.05, 4.69) is 205 Å². The molecule has 0 amide bonds. The molecule has 0 bridgehead atoms. The van der Waals surface area contributed by atoms with Crippen LogP contribution in [0, 0.1) is 0 Å². The van der Waals surface area contributed by atoms with Gasteiger partial charge in [0.1, 0.15) is 22.3 Å². The van der Waals surface area contributed by atoms with Gasteiger partial charge in [0.25, 0.3) is 0 Å². The van der Waals surface area contributed by atoms with Gasteiger partial charge in [0.05, 0.1) is 5.69 Å². The van der Waals surface area contributed by atoms with Crippen molar-refractivity contribution in [2.75, 3.05) is 4.90 Å². The lowest BCUT2D eigenvalue weighted by Gasteiger charge is -2.28. The Balaban J connectivity index is 0.900. The lowest BCUT2D eigenvalue weighted by molar-refractivity contribution is 0.669. The van der Waals surface area contributed by atoms with Crippen molar-refractivity contribution in [1.29, 1.82) is 0 Å². The molecule has 0 aliphatic rings. The number of anilines is 3. The third kappa shape index (κ3) is 5.98. The first-order valence-electron chi connectivity index (χ1n) is 20.7. The average Bonchev–Trinajstić information content (AvgIpc) is 3.92. The minimum atomic E-state index is 0.903. The van der Waals surface area contributed by atoms with Gasteiger partial charge in [-0.2, -0.15) is 0 Å². The summed E-state index contributed by atoms with van der Waals surface area (Å²) in [7, 11) is 0. The molecular weight excluding hydrogens is 743 g/mol. The summed E-state index contributed by atoms with van der Waals surface area (Å²) in [5, 5.41) is 6.99. The van der Waals surface area contributed by atoms with Crippen molar-refractivity contribution in [2.24, 2.45) is 0 Å². The fourth-order valence-electron chi connectivity index (χ4n) is 9.10. The number of benzene rings is 10. The van der Waals surface area contributed by atoms with Gasteiger partial charge in [0, 0.05) is 44.0 Å². The van der Waals surface area contributed by atoms with E-state index in [4.69, 9.17) is 8.83 Å². The SMILES string of the molecule is c1ccc(-c2ccccc2N(c2ccc(-c3ccc(-c4ccc5ccc6oc7ccccc7c6c5c4)cc3)cc2)c2ccc(-c3cccc4c3oc3ccccc34)cc2)cc1. The molecule has 2 aromatic heterocycles. The number of rotatable bonds is 7. The molecule has 0 unspecified atom stereocenters. The van der Waals surface area contributed by atoms with Crippen LogP contribution < -0.4 is 4.90 Å². The van der Waals surface area contributed by atoms with E-state index in [1.807, 2.05) is 24.3 Å². The van der Waals surface area contributed by atoms with Crippen molar-refractivity contribution in [2.45, 2.75) is 0 Å². The molecule has 3 nitrogen and oxygen atoms in total. The van der Waals surface area contributed by atoms with E-state index in [-0.39, 0.29) is 0 Å². The largest absolute Gasteiger partial charge is 0.456 e. The smallest absolute Gasteiger partial charge is 0.143 e. The van der Waals surface area contributed by atoms with Crippen LogP contribution in [0.25, 0.3) is 99.2 Å². The summed E-state index contributed by atoms with van der Waals surface area (Å²) in [5.74, 6) is 0. The Hall–Kier alpha value is -8.14. The normalized spacial score (nSPS) is 11.6. The van der Waals surface area contributed by atoms with Crippen LogP contribution in [0.2, 0.25) is 0 Å². The molecule has 0 saturated heterocycles. The first kappa shape index (κ1) is 34.9. The molecule has 12 aromatic rings. The van der Waals surface area contributed by atoms with Crippen LogP contribution in [-0.2, 0) is 0 Å². The quantitative estimate of drug-likeness (QED) is 0.161. The monoisotopic (exact) mass is 779 g/mol. The van der Waals surface area contributed by atoms with E-state index in [0.29, 0.717) is 0 Å². The molecule has 61 heavy (non-hydrogen) atoms. The lowest BCUT2D eigenvalue weighted by Crippen LogP contribution is -2.11. The maximum absolute atomic E-state index is 6.42. The summed E-state index contributed by atoms with van der Waals surface area (Å²) < 4.78 is 12.6. The highest BCUT2D eigenvalue weighted by Crippen LogP contribution is 2.43. The second kappa shape index (κ2) is 14.3. The Bertz CT molecular complexity index is 3560. The second-order valence-corrected chi connectivity index (χ2v) is 15.6. The highest BCUT2D eigenvalue weighted by molar-refractivity contribution is 6.19. The van der Waals surface area contributed by atoms with Gasteiger partial charge in [-0.15, -0.1) is 0 Å². The Morgan fingerprint density at radius 1 is 0.295 bits per heavy atom. The highest BCUT2D eigenvalue weighted by atomic mass is 16.3. The first-order valence-corrected chi connectivity index (χ1v) is 20.7. The minimum absolute atomic E-state index is 0.903. The molecule has 0 spiro atoms. The molecule has 0 N–H and O–H groups in total. The standard InChI is InChI=1S/C58H37NO2/c1-2-11-41(12-3-1)47-13-4-7-18-53(47)59(46-34-29-42(30-35-46)48-16-10-17-50-49-14-5-8-19-54(49)61-58(48)50)45-32-27-39(28-33-45)38-21-23-40(24-22-38)44-26-25-43-31-36-56-57(52(43)37-44)51-15-6-9-20-55(51)60-56/h1-37H. The molecule has 0 radical (unpaired) electrons. The molecule has 0 aliphatic heterocycles. The van der Waals surface area contributed by atoms with Crippen molar-refractivity contribution in [3.8, 4) is 44.5 Å². The number of furan rings is 2. The summed E-state index contributed by atoms with van der Waals surface area (Å²) in [4.78, 5) is 2.36. The molecule has 12 rings (SSSR count). The number of fused-ring (bicyclic) bond motifs is 8. The minimum Gasteiger partial charge on any atom is -0.456 e. The third-order valence-corrected chi connectivity index (χ3v) is 12.1. The van der Waals surface area contributed by atoms with Crippen molar-refractivity contribution in [1.82, 2.24) is 0 Å². The Kier molecular flexibility index (Phi) is 8.17. The summed E-state index contributed by atoms with van der Waals surface area (Å²) in [6.07, 6.45) is 0. The van der Waals surface area contributed by atoms with Gasteiger partial charge < -0.3 is 13.7 Å². The first-order chi connectivity index (χ1) is 30.2. The molecule has 0 saturated carbocycles. The molecule has 0 fully saturated rings. The Labute approximate surface area is 353 Å². The van der Waals surface area contributed by atoms with Crippen LogP contribution in [0.1, 0.15) is 0 Å². The molecule has 0 atom stereocenters. The van der Waals surface area contributed by atoms with Crippen molar-refractivity contribution in [3.05, 3.63) is 224 Å². The van der Waals surface area contributed by atoms with E-state index in [0.717, 1.165) is 77.8 Å². The van der Waals surface area contributed by atoms with Crippen LogP contribution in [0.5, 0.6) is 0 Å². The molecule has 10 aromatic carbocycles. The highest BCUT2D eigenvalue weighted by Gasteiger charge is 2.19. The zero-order valence-corrected chi connectivity index (χ0v) is 33.1. The number of nitrogens with zero attached hydrogens (tertiary/aromatic N) is 1. The van der Waals surface area contributed by atoms with Gasteiger partial charge in [-0.1, -0.05) is 170 Å². The van der Waals surface area contributed by atoms with Crippen LogP contribution in [-0.4, -0.2) is 0 Å². The van der Waals surface area contributed by atoms with Crippen LogP contribution in [0.4, 0.5) is 17.1 Å². The van der Waals surface area contributed by atoms with Gasteiger partial charge in [-0.05, 0) is 98.8 Å². The van der Waals surface area contributed by atoms with Crippen molar-refractivity contribution < 1.29 is 8.83 Å². The van der Waals surface area contributed by atoms with E-state index in [9.17, 15) is 0 Å². The maximum atomic E-state index is 6.42. The topological polar surface area (TPSA) is 29.5 Å². The van der Waals surface area contributed by atoms with Gasteiger partial charge >= 0.3 is 0 Å². The molecule has 2 heterocycles. The lowest BCUT2D eigenvalue weighted by atomic mass is 9.96. The van der Waals surface area contributed by atoms with Crippen LogP contribution >= 0.6 is 0 Å². The predicted octanol–water partition coefficient (Wildman–Crippen LogP) is 16.8. The van der Waals surface area contributed by atoms with E-state index >= 15 is 0 Å². The summed E-state index contributed by atoms with van der Waals surface area (Å²) >= 11 is 0. The summed E-state index contributed by atoms with van der Waals surface area (Å²) in [5.41, 5.74) is 16.1. The molecule has 3 heteroatoms. The van der Waals surface area contributed by atoms with E-state index in [1.165, 1.54) is 38.4 Å². The van der Waals surface area contributed by atoms with Gasteiger partial charge in [0.15, 0.2) is 0 Å². The van der Waals surface area contributed by atoms with E-state index in [1.54, 1.807) is 0 Å². The predicted molar refractivity (Wildman–Crippen MR) is 255 cm³/mol. The fourth-order valence-corrected chi connectivity index (χ4v) is 9.10.